The van der Waals surface area contributed by atoms with Crippen molar-refractivity contribution in [1.82, 2.24) is 0 Å². The van der Waals surface area contributed by atoms with Crippen LogP contribution in [0.5, 0.6) is 0 Å². The second-order valence-corrected chi connectivity index (χ2v) is 2.53. The van der Waals surface area contributed by atoms with Crippen LogP contribution in [0.25, 0.3) is 0 Å². The normalized spacial score (nSPS) is 35.6. The fourth-order valence-electron chi connectivity index (χ4n) is 1.12. The smallest absolute Gasteiger partial charge is 0.0657 e. The Hall–Kier alpha value is -0.550. The van der Waals surface area contributed by atoms with Crippen molar-refractivity contribution in [2.75, 3.05) is 6.61 Å². The summed E-state index contributed by atoms with van der Waals surface area (Å²) in [5.74, 6) is 0.244. The highest BCUT2D eigenvalue weighted by Crippen LogP contribution is 2.18. The van der Waals surface area contributed by atoms with Crippen LogP contribution < -0.4 is 0 Å². The Morgan fingerprint density at radius 3 is 2.89 bits per heavy atom. The van der Waals surface area contributed by atoms with Crippen LogP contribution in [0.15, 0.2) is 0 Å². The lowest BCUT2D eigenvalue weighted by atomic mass is 9.98. The molecule has 50 valence electrons. The molecule has 1 heterocycles. The zero-order valence-electron chi connectivity index (χ0n) is 5.63. The third-order valence-corrected chi connectivity index (χ3v) is 1.67. The quantitative estimate of drug-likeness (QED) is 0.489. The molecule has 1 saturated heterocycles. The van der Waals surface area contributed by atoms with E-state index in [-0.39, 0.29) is 5.92 Å². The molecule has 1 rings (SSSR count). The summed E-state index contributed by atoms with van der Waals surface area (Å²) in [7, 11) is 0. The van der Waals surface area contributed by atoms with E-state index in [1.807, 2.05) is 6.92 Å². The van der Waals surface area contributed by atoms with Gasteiger partial charge in [-0.2, -0.15) is 5.26 Å². The van der Waals surface area contributed by atoms with E-state index in [1.54, 1.807) is 0 Å². The van der Waals surface area contributed by atoms with Crippen molar-refractivity contribution >= 4 is 0 Å². The van der Waals surface area contributed by atoms with Crippen molar-refractivity contribution in [3.63, 3.8) is 0 Å². The lowest BCUT2D eigenvalue weighted by Gasteiger charge is -2.21. The number of nitrogens with zero attached hydrogens (tertiary/aromatic N) is 1. The summed E-state index contributed by atoms with van der Waals surface area (Å²) in [5.41, 5.74) is 0. The standard InChI is InChI=1S/C7H11NO/c1-6-4-7(5-8)2-3-9-6/h6-7H,2-4H2,1H3/t6-,7+/m1/s1. The molecule has 1 aliphatic heterocycles. The van der Waals surface area contributed by atoms with Crippen molar-refractivity contribution in [3.05, 3.63) is 0 Å². The Labute approximate surface area is 55.4 Å². The molecule has 2 atom stereocenters. The van der Waals surface area contributed by atoms with Crippen LogP contribution in [0.3, 0.4) is 0 Å². The van der Waals surface area contributed by atoms with Crippen molar-refractivity contribution in [1.29, 1.82) is 5.26 Å². The summed E-state index contributed by atoms with van der Waals surface area (Å²) in [4.78, 5) is 0. The molecule has 2 nitrogen and oxygen atoms in total. The van der Waals surface area contributed by atoms with Gasteiger partial charge in [0.2, 0.25) is 0 Å². The minimum absolute atomic E-state index is 0.244. The average Bonchev–Trinajstić information content (AvgIpc) is 1.88. The van der Waals surface area contributed by atoms with Crippen LogP contribution >= 0.6 is 0 Å². The monoisotopic (exact) mass is 125 g/mol. The molecule has 0 amide bonds. The Kier molecular flexibility index (Phi) is 2.07. The van der Waals surface area contributed by atoms with Gasteiger partial charge in [0.1, 0.15) is 0 Å². The number of hydrogen-bond donors (Lipinski definition) is 0. The summed E-state index contributed by atoms with van der Waals surface area (Å²) >= 11 is 0. The fourth-order valence-corrected chi connectivity index (χ4v) is 1.12. The van der Waals surface area contributed by atoms with Gasteiger partial charge in [-0.25, -0.2) is 0 Å². The highest BCUT2D eigenvalue weighted by atomic mass is 16.5. The number of rotatable bonds is 0. The maximum atomic E-state index is 8.50. The molecule has 0 saturated carbocycles. The molecule has 0 unspecified atom stereocenters. The second-order valence-electron chi connectivity index (χ2n) is 2.53. The molecule has 0 aromatic heterocycles. The van der Waals surface area contributed by atoms with Gasteiger partial charge in [-0.3, -0.25) is 0 Å². The van der Waals surface area contributed by atoms with Gasteiger partial charge in [0.05, 0.1) is 18.1 Å². The van der Waals surface area contributed by atoms with E-state index in [4.69, 9.17) is 10.00 Å². The molecule has 2 heteroatoms. The molecular formula is C7H11NO. The van der Waals surface area contributed by atoms with Crippen LogP contribution in [-0.2, 0) is 4.74 Å². The van der Waals surface area contributed by atoms with Gasteiger partial charge >= 0.3 is 0 Å². The molecule has 0 radical (unpaired) electrons. The Morgan fingerprint density at radius 2 is 2.44 bits per heavy atom. The van der Waals surface area contributed by atoms with E-state index >= 15 is 0 Å². The molecule has 1 fully saturated rings. The third kappa shape index (κ3) is 1.69. The largest absolute Gasteiger partial charge is 0.378 e. The first-order chi connectivity index (χ1) is 4.33. The van der Waals surface area contributed by atoms with Gasteiger partial charge in [0.25, 0.3) is 0 Å². The zero-order chi connectivity index (χ0) is 6.69. The molecule has 9 heavy (non-hydrogen) atoms. The molecule has 0 bridgehead atoms. The predicted octanol–water partition coefficient (Wildman–Crippen LogP) is 1.33. The van der Waals surface area contributed by atoms with Gasteiger partial charge in [0.15, 0.2) is 0 Å². The molecule has 0 N–H and O–H groups in total. The van der Waals surface area contributed by atoms with E-state index in [0.29, 0.717) is 6.10 Å². The number of hydrogen-bond acceptors (Lipinski definition) is 2. The Balaban J connectivity index is 2.34. The van der Waals surface area contributed by atoms with E-state index in [9.17, 15) is 0 Å². The van der Waals surface area contributed by atoms with E-state index in [2.05, 4.69) is 6.07 Å². The predicted molar refractivity (Wildman–Crippen MR) is 33.8 cm³/mol. The topological polar surface area (TPSA) is 33.0 Å². The summed E-state index contributed by atoms with van der Waals surface area (Å²) in [6.07, 6.45) is 2.13. The van der Waals surface area contributed by atoms with Crippen LogP contribution in [0.2, 0.25) is 0 Å². The van der Waals surface area contributed by atoms with Gasteiger partial charge in [-0.1, -0.05) is 0 Å². The molecule has 0 aliphatic carbocycles. The van der Waals surface area contributed by atoms with Gasteiger partial charge in [-0.05, 0) is 19.8 Å². The maximum Gasteiger partial charge on any atom is 0.0657 e. The molecule has 1 aliphatic rings. The summed E-state index contributed by atoms with van der Waals surface area (Å²) in [6.45, 7) is 2.78. The van der Waals surface area contributed by atoms with E-state index in [0.717, 1.165) is 19.4 Å². The van der Waals surface area contributed by atoms with E-state index < -0.39 is 0 Å². The lowest BCUT2D eigenvalue weighted by molar-refractivity contribution is 0.0140. The number of nitriles is 1. The summed E-state index contributed by atoms with van der Waals surface area (Å²) < 4.78 is 5.26. The molecule has 0 spiro atoms. The van der Waals surface area contributed by atoms with Crippen LogP contribution in [0, 0.1) is 17.2 Å². The average molecular weight is 125 g/mol. The van der Waals surface area contributed by atoms with Crippen LogP contribution in [-0.4, -0.2) is 12.7 Å². The summed E-state index contributed by atoms with van der Waals surface area (Å²) in [5, 5.41) is 8.50. The third-order valence-electron chi connectivity index (χ3n) is 1.67. The van der Waals surface area contributed by atoms with Crippen molar-refractivity contribution in [3.8, 4) is 6.07 Å². The molecule has 0 aromatic rings. The van der Waals surface area contributed by atoms with Crippen molar-refractivity contribution in [2.24, 2.45) is 5.92 Å². The van der Waals surface area contributed by atoms with Gasteiger partial charge in [-0.15, -0.1) is 0 Å². The van der Waals surface area contributed by atoms with Crippen LogP contribution in [0.4, 0.5) is 0 Å². The van der Waals surface area contributed by atoms with E-state index in [1.165, 1.54) is 0 Å². The molecular weight excluding hydrogens is 114 g/mol. The lowest BCUT2D eigenvalue weighted by Crippen LogP contribution is -2.21. The van der Waals surface area contributed by atoms with Crippen LogP contribution in [0.1, 0.15) is 19.8 Å². The second kappa shape index (κ2) is 2.84. The SMILES string of the molecule is C[C@@H]1C[C@@H](C#N)CCO1. The Bertz CT molecular complexity index is 127. The van der Waals surface area contributed by atoms with Crippen molar-refractivity contribution in [2.45, 2.75) is 25.9 Å². The summed E-state index contributed by atoms with van der Waals surface area (Å²) in [6, 6.07) is 2.25. The minimum atomic E-state index is 0.244. The van der Waals surface area contributed by atoms with Gasteiger partial charge < -0.3 is 4.74 Å². The van der Waals surface area contributed by atoms with Crippen molar-refractivity contribution < 1.29 is 4.74 Å². The first-order valence-electron chi connectivity index (χ1n) is 3.34. The number of ether oxygens (including phenoxy) is 1. The fraction of sp³-hybridized carbons (Fsp3) is 0.857. The Morgan fingerprint density at radius 1 is 1.67 bits per heavy atom. The zero-order valence-corrected chi connectivity index (χ0v) is 5.63. The first-order valence-corrected chi connectivity index (χ1v) is 3.34. The van der Waals surface area contributed by atoms with Gasteiger partial charge in [0, 0.05) is 6.61 Å². The first kappa shape index (κ1) is 6.57. The highest BCUT2D eigenvalue weighted by molar-refractivity contribution is 4.85. The molecule has 0 aromatic carbocycles. The maximum absolute atomic E-state index is 8.50. The highest BCUT2D eigenvalue weighted by Gasteiger charge is 2.17. The minimum Gasteiger partial charge on any atom is -0.378 e.